The monoisotopic (exact) mass is 478 g/mol. The van der Waals surface area contributed by atoms with Crippen molar-refractivity contribution in [3.8, 4) is 11.1 Å². The molecule has 7 heteroatoms. The average molecular weight is 479 g/mol. The van der Waals surface area contributed by atoms with E-state index in [0.717, 1.165) is 19.3 Å². The van der Waals surface area contributed by atoms with Crippen LogP contribution in [0.5, 0.6) is 0 Å². The minimum atomic E-state index is -0.813. The van der Waals surface area contributed by atoms with Gasteiger partial charge in [0, 0.05) is 24.9 Å². The fraction of sp³-hybridized carbons (Fsp3) is 0.464. The Morgan fingerprint density at radius 1 is 1.06 bits per heavy atom. The number of aliphatic carboxylic acids is 1. The van der Waals surface area contributed by atoms with E-state index in [2.05, 4.69) is 34.9 Å². The summed E-state index contributed by atoms with van der Waals surface area (Å²) in [5.74, 6) is -0.866. The molecule has 1 atom stereocenters. The molecule has 0 heterocycles. The molecule has 0 bridgehead atoms. The second kappa shape index (κ2) is 10.9. The molecular formula is C28H34N2O5. The van der Waals surface area contributed by atoms with Gasteiger partial charge < -0.3 is 20.5 Å². The van der Waals surface area contributed by atoms with E-state index in [1.807, 2.05) is 31.2 Å². The molecule has 0 aromatic heterocycles. The minimum absolute atomic E-state index is 0.0206. The highest BCUT2D eigenvalue weighted by molar-refractivity contribution is 5.79. The van der Waals surface area contributed by atoms with Gasteiger partial charge in [-0.05, 0) is 60.3 Å². The molecule has 1 unspecified atom stereocenters. The van der Waals surface area contributed by atoms with Gasteiger partial charge in [0.1, 0.15) is 6.61 Å². The first-order valence-corrected chi connectivity index (χ1v) is 12.5. The Morgan fingerprint density at radius 2 is 1.69 bits per heavy atom. The van der Waals surface area contributed by atoms with Crippen LogP contribution in [-0.2, 0) is 14.3 Å². The molecule has 2 amide bonds. The predicted molar refractivity (Wildman–Crippen MR) is 133 cm³/mol. The molecule has 2 aromatic carbocycles. The number of amides is 2. The highest BCUT2D eigenvalue weighted by atomic mass is 16.5. The van der Waals surface area contributed by atoms with Crippen molar-refractivity contribution in [3.63, 3.8) is 0 Å². The van der Waals surface area contributed by atoms with E-state index in [1.165, 1.54) is 22.3 Å². The molecule has 1 saturated carbocycles. The van der Waals surface area contributed by atoms with Crippen LogP contribution >= 0.6 is 0 Å². The minimum Gasteiger partial charge on any atom is -0.481 e. The van der Waals surface area contributed by atoms with Gasteiger partial charge in [-0.25, -0.2) is 4.79 Å². The van der Waals surface area contributed by atoms with E-state index in [-0.39, 0.29) is 36.3 Å². The van der Waals surface area contributed by atoms with Crippen molar-refractivity contribution in [1.82, 2.24) is 10.6 Å². The number of carbonyl (C=O) groups is 3. The standard InChI is InChI=1S/C28H34N2O5/c1-19(8-6-13-25(31)29-18-28(14-7-15-28)16-26(32)33)30-27(34)35-17-24-22-11-4-2-9-20(22)21-10-3-5-12-23(21)24/h2-5,9-12,19,24H,6-8,13-18H2,1H3,(H,29,31)(H,30,34)(H,32,33). The fourth-order valence-electron chi connectivity index (χ4n) is 5.27. The fourth-order valence-corrected chi connectivity index (χ4v) is 5.27. The van der Waals surface area contributed by atoms with Gasteiger partial charge in [0.05, 0.1) is 6.42 Å². The number of benzene rings is 2. The molecule has 2 aliphatic rings. The van der Waals surface area contributed by atoms with Crippen LogP contribution in [0.1, 0.15) is 68.9 Å². The Bertz CT molecular complexity index is 1030. The number of ether oxygens (including phenoxy) is 1. The van der Waals surface area contributed by atoms with E-state index in [9.17, 15) is 14.4 Å². The van der Waals surface area contributed by atoms with Crippen LogP contribution in [-0.4, -0.2) is 42.3 Å². The topological polar surface area (TPSA) is 105 Å². The third-order valence-corrected chi connectivity index (χ3v) is 7.35. The summed E-state index contributed by atoms with van der Waals surface area (Å²) in [7, 11) is 0. The van der Waals surface area contributed by atoms with Crippen molar-refractivity contribution in [2.75, 3.05) is 13.2 Å². The summed E-state index contributed by atoms with van der Waals surface area (Å²) < 4.78 is 5.59. The van der Waals surface area contributed by atoms with Gasteiger partial charge in [-0.1, -0.05) is 55.0 Å². The van der Waals surface area contributed by atoms with Crippen LogP contribution in [0.15, 0.2) is 48.5 Å². The summed E-state index contributed by atoms with van der Waals surface area (Å²) in [6.45, 7) is 2.59. The average Bonchev–Trinajstić information content (AvgIpc) is 3.13. The third-order valence-electron chi connectivity index (χ3n) is 7.35. The molecule has 1 fully saturated rings. The molecule has 0 radical (unpaired) electrons. The molecule has 0 aliphatic heterocycles. The number of alkyl carbamates (subject to hydrolysis) is 1. The highest BCUT2D eigenvalue weighted by Gasteiger charge is 2.39. The SMILES string of the molecule is CC(CCCC(=O)NCC1(CC(=O)O)CCC1)NC(=O)OCC1c2ccccc2-c2ccccc21. The summed E-state index contributed by atoms with van der Waals surface area (Å²) in [6, 6.07) is 16.3. The summed E-state index contributed by atoms with van der Waals surface area (Å²) in [6.07, 6.45) is 3.99. The maximum absolute atomic E-state index is 12.4. The number of carbonyl (C=O) groups excluding carboxylic acids is 2. The summed E-state index contributed by atoms with van der Waals surface area (Å²) in [5, 5.41) is 14.8. The molecular weight excluding hydrogens is 444 g/mol. The number of rotatable bonds is 11. The highest BCUT2D eigenvalue weighted by Crippen LogP contribution is 2.45. The lowest BCUT2D eigenvalue weighted by atomic mass is 9.66. The first-order valence-electron chi connectivity index (χ1n) is 12.5. The maximum Gasteiger partial charge on any atom is 0.407 e. The Kier molecular flexibility index (Phi) is 7.73. The van der Waals surface area contributed by atoms with Crippen molar-refractivity contribution < 1.29 is 24.2 Å². The Hall–Kier alpha value is -3.35. The van der Waals surface area contributed by atoms with Crippen molar-refractivity contribution in [2.45, 2.75) is 63.8 Å². The molecule has 2 aliphatic carbocycles. The molecule has 35 heavy (non-hydrogen) atoms. The molecule has 0 saturated heterocycles. The van der Waals surface area contributed by atoms with Crippen molar-refractivity contribution >= 4 is 18.0 Å². The van der Waals surface area contributed by atoms with Crippen LogP contribution < -0.4 is 10.6 Å². The lowest BCUT2D eigenvalue weighted by Gasteiger charge is -2.40. The Balaban J connectivity index is 1.17. The molecule has 4 rings (SSSR count). The molecule has 186 valence electrons. The number of hydrogen-bond acceptors (Lipinski definition) is 4. The number of fused-ring (bicyclic) bond motifs is 3. The van der Waals surface area contributed by atoms with Gasteiger partial charge in [0.15, 0.2) is 0 Å². The van der Waals surface area contributed by atoms with Gasteiger partial charge >= 0.3 is 12.1 Å². The van der Waals surface area contributed by atoms with Crippen LogP contribution in [0.2, 0.25) is 0 Å². The van der Waals surface area contributed by atoms with E-state index in [0.29, 0.717) is 25.8 Å². The van der Waals surface area contributed by atoms with Crippen LogP contribution in [0.25, 0.3) is 11.1 Å². The Labute approximate surface area is 206 Å². The van der Waals surface area contributed by atoms with Gasteiger partial charge in [-0.2, -0.15) is 0 Å². The quantitative estimate of drug-likeness (QED) is 0.428. The summed E-state index contributed by atoms with van der Waals surface area (Å²) >= 11 is 0. The number of carboxylic acid groups (broad SMARTS) is 1. The summed E-state index contributed by atoms with van der Waals surface area (Å²) in [4.78, 5) is 35.7. The zero-order chi connectivity index (χ0) is 24.8. The second-order valence-electron chi connectivity index (χ2n) is 9.96. The largest absolute Gasteiger partial charge is 0.481 e. The van der Waals surface area contributed by atoms with Crippen LogP contribution in [0, 0.1) is 5.41 Å². The van der Waals surface area contributed by atoms with Gasteiger partial charge in [-0.15, -0.1) is 0 Å². The third kappa shape index (κ3) is 6.02. The van der Waals surface area contributed by atoms with Crippen molar-refractivity contribution in [2.24, 2.45) is 5.41 Å². The van der Waals surface area contributed by atoms with Crippen molar-refractivity contribution in [3.05, 3.63) is 59.7 Å². The maximum atomic E-state index is 12.4. The number of carboxylic acids is 1. The number of nitrogens with one attached hydrogen (secondary N) is 2. The van der Waals surface area contributed by atoms with E-state index < -0.39 is 12.1 Å². The van der Waals surface area contributed by atoms with E-state index in [4.69, 9.17) is 9.84 Å². The molecule has 7 nitrogen and oxygen atoms in total. The lowest BCUT2D eigenvalue weighted by Crippen LogP contribution is -2.43. The number of hydrogen-bond donors (Lipinski definition) is 3. The lowest BCUT2D eigenvalue weighted by molar-refractivity contribution is -0.141. The molecule has 2 aromatic rings. The van der Waals surface area contributed by atoms with Crippen LogP contribution in [0.4, 0.5) is 4.79 Å². The zero-order valence-electron chi connectivity index (χ0n) is 20.2. The zero-order valence-corrected chi connectivity index (χ0v) is 20.2. The normalized spacial score (nSPS) is 16.4. The van der Waals surface area contributed by atoms with Gasteiger partial charge in [-0.3, -0.25) is 9.59 Å². The molecule has 0 spiro atoms. The summed E-state index contributed by atoms with van der Waals surface area (Å²) in [5.41, 5.74) is 4.45. The first kappa shape index (κ1) is 24.8. The molecule has 3 N–H and O–H groups in total. The van der Waals surface area contributed by atoms with Crippen molar-refractivity contribution in [1.29, 1.82) is 0 Å². The van der Waals surface area contributed by atoms with Gasteiger partial charge in [0.2, 0.25) is 5.91 Å². The second-order valence-corrected chi connectivity index (χ2v) is 9.96. The Morgan fingerprint density at radius 3 is 2.26 bits per heavy atom. The van der Waals surface area contributed by atoms with E-state index in [1.54, 1.807) is 0 Å². The van der Waals surface area contributed by atoms with Gasteiger partial charge in [0.25, 0.3) is 0 Å². The predicted octanol–water partition coefficient (Wildman–Crippen LogP) is 4.85. The van der Waals surface area contributed by atoms with Crippen LogP contribution in [0.3, 0.4) is 0 Å². The van der Waals surface area contributed by atoms with E-state index >= 15 is 0 Å². The smallest absolute Gasteiger partial charge is 0.407 e. The first-order chi connectivity index (χ1) is 16.9.